The summed E-state index contributed by atoms with van der Waals surface area (Å²) >= 11 is 5.88. The van der Waals surface area contributed by atoms with Crippen molar-refractivity contribution >= 4 is 23.4 Å². The second kappa shape index (κ2) is 5.01. The van der Waals surface area contributed by atoms with Gasteiger partial charge in [-0.05, 0) is 0 Å². The molecule has 1 aromatic heterocycles. The maximum absolute atomic E-state index is 11.5. The highest BCUT2D eigenvalue weighted by Gasteiger charge is 2.18. The fraction of sp³-hybridized carbons (Fsp3) is 0.0833. The van der Waals surface area contributed by atoms with Crippen molar-refractivity contribution in [2.45, 2.75) is 0 Å². The molecule has 0 aliphatic rings. The Morgan fingerprint density at radius 3 is 2.56 bits per heavy atom. The van der Waals surface area contributed by atoms with Crippen molar-refractivity contribution in [2.24, 2.45) is 0 Å². The molecule has 0 aliphatic carbocycles. The van der Waals surface area contributed by atoms with Gasteiger partial charge in [-0.2, -0.15) is 0 Å². The lowest BCUT2D eigenvalue weighted by Gasteiger charge is -2.07. The molecular formula is C12H10ClN3O2. The molecule has 6 heteroatoms. The predicted octanol–water partition coefficient (Wildman–Crippen LogP) is 2.17. The molecule has 1 heterocycles. The molecule has 0 saturated heterocycles. The largest absolute Gasteiger partial charge is 0.464 e. The van der Waals surface area contributed by atoms with E-state index in [2.05, 4.69) is 14.7 Å². The van der Waals surface area contributed by atoms with Crippen molar-refractivity contribution in [2.75, 3.05) is 12.8 Å². The molecule has 2 aromatic rings. The molecule has 18 heavy (non-hydrogen) atoms. The third kappa shape index (κ3) is 2.26. The number of hydrogen-bond acceptors (Lipinski definition) is 5. The van der Waals surface area contributed by atoms with Crippen LogP contribution in [0.1, 0.15) is 10.5 Å². The van der Waals surface area contributed by atoms with Gasteiger partial charge >= 0.3 is 5.97 Å². The Labute approximate surface area is 109 Å². The summed E-state index contributed by atoms with van der Waals surface area (Å²) < 4.78 is 4.59. The standard InChI is InChI=1S/C12H10ClN3O2/c1-18-12(17)9-8(13)10(14)16-11(15-9)7-5-3-2-4-6-7/h2-6H,1H3,(H2,14,15,16). The molecule has 0 unspecified atom stereocenters. The number of esters is 1. The van der Waals surface area contributed by atoms with Crippen molar-refractivity contribution in [3.05, 3.63) is 41.0 Å². The van der Waals surface area contributed by atoms with Gasteiger partial charge in [-0.25, -0.2) is 14.8 Å². The Balaban J connectivity index is 2.58. The summed E-state index contributed by atoms with van der Waals surface area (Å²) in [6.45, 7) is 0. The summed E-state index contributed by atoms with van der Waals surface area (Å²) in [5, 5.41) is 0.00142. The molecule has 0 amide bonds. The quantitative estimate of drug-likeness (QED) is 0.840. The summed E-state index contributed by atoms with van der Waals surface area (Å²) in [6.07, 6.45) is 0. The summed E-state index contributed by atoms with van der Waals surface area (Å²) in [5.41, 5.74) is 6.37. The van der Waals surface area contributed by atoms with Crippen LogP contribution < -0.4 is 5.73 Å². The summed E-state index contributed by atoms with van der Waals surface area (Å²) in [4.78, 5) is 19.6. The van der Waals surface area contributed by atoms with Gasteiger partial charge in [0.05, 0.1) is 7.11 Å². The van der Waals surface area contributed by atoms with Gasteiger partial charge in [0, 0.05) is 5.56 Å². The monoisotopic (exact) mass is 263 g/mol. The second-order valence-corrected chi connectivity index (χ2v) is 3.83. The van der Waals surface area contributed by atoms with Gasteiger partial charge in [-0.15, -0.1) is 0 Å². The number of aromatic nitrogens is 2. The molecular weight excluding hydrogens is 254 g/mol. The Bertz CT molecular complexity index is 587. The summed E-state index contributed by atoms with van der Waals surface area (Å²) in [5.74, 6) is -0.268. The first kappa shape index (κ1) is 12.3. The van der Waals surface area contributed by atoms with E-state index in [0.29, 0.717) is 5.82 Å². The maximum atomic E-state index is 11.5. The van der Waals surface area contributed by atoms with Crippen molar-refractivity contribution in [3.8, 4) is 11.4 Å². The number of anilines is 1. The second-order valence-electron chi connectivity index (χ2n) is 3.45. The van der Waals surface area contributed by atoms with Crippen LogP contribution in [0.25, 0.3) is 11.4 Å². The van der Waals surface area contributed by atoms with Crippen LogP contribution >= 0.6 is 11.6 Å². The Morgan fingerprint density at radius 1 is 1.28 bits per heavy atom. The summed E-state index contributed by atoms with van der Waals surface area (Å²) in [7, 11) is 1.25. The number of methoxy groups -OCH3 is 1. The number of carbonyl (C=O) groups is 1. The van der Waals surface area contributed by atoms with Crippen LogP contribution in [0.15, 0.2) is 30.3 Å². The lowest BCUT2D eigenvalue weighted by molar-refractivity contribution is 0.0594. The Hall–Kier alpha value is -2.14. The SMILES string of the molecule is COC(=O)c1nc(-c2ccccc2)nc(N)c1Cl. The zero-order chi connectivity index (χ0) is 13.1. The molecule has 2 N–H and O–H groups in total. The smallest absolute Gasteiger partial charge is 0.358 e. The zero-order valence-corrected chi connectivity index (χ0v) is 10.3. The van der Waals surface area contributed by atoms with Gasteiger partial charge in [0.2, 0.25) is 0 Å². The fourth-order valence-corrected chi connectivity index (χ4v) is 1.57. The summed E-state index contributed by atoms with van der Waals surface area (Å²) in [6, 6.07) is 9.15. The van der Waals surface area contributed by atoms with E-state index in [1.54, 1.807) is 0 Å². The lowest BCUT2D eigenvalue weighted by atomic mass is 10.2. The van der Waals surface area contributed by atoms with Crippen molar-refractivity contribution in [3.63, 3.8) is 0 Å². The first-order valence-electron chi connectivity index (χ1n) is 5.10. The highest BCUT2D eigenvalue weighted by atomic mass is 35.5. The average Bonchev–Trinajstić information content (AvgIpc) is 2.41. The van der Waals surface area contributed by atoms with Crippen LogP contribution in [0, 0.1) is 0 Å². The van der Waals surface area contributed by atoms with Gasteiger partial charge in [0.15, 0.2) is 11.5 Å². The minimum absolute atomic E-state index is 0.00142. The number of nitrogens with zero attached hydrogens (tertiary/aromatic N) is 2. The van der Waals surface area contributed by atoms with Gasteiger partial charge in [0.25, 0.3) is 0 Å². The topological polar surface area (TPSA) is 78.1 Å². The number of hydrogen-bond donors (Lipinski definition) is 1. The van der Waals surface area contributed by atoms with Gasteiger partial charge in [0.1, 0.15) is 10.8 Å². The minimum Gasteiger partial charge on any atom is -0.464 e. The minimum atomic E-state index is -0.647. The van der Waals surface area contributed by atoms with Crippen LogP contribution in [-0.2, 0) is 4.74 Å². The van der Waals surface area contributed by atoms with E-state index < -0.39 is 5.97 Å². The third-order valence-corrected chi connectivity index (χ3v) is 2.66. The molecule has 92 valence electrons. The van der Waals surface area contributed by atoms with E-state index in [1.165, 1.54) is 7.11 Å². The molecule has 0 spiro atoms. The van der Waals surface area contributed by atoms with Crippen LogP contribution in [-0.4, -0.2) is 23.0 Å². The molecule has 0 fully saturated rings. The maximum Gasteiger partial charge on any atom is 0.358 e. The molecule has 0 atom stereocenters. The van der Waals surface area contributed by atoms with E-state index in [1.807, 2.05) is 30.3 Å². The predicted molar refractivity (Wildman–Crippen MR) is 68.2 cm³/mol. The number of benzene rings is 1. The number of nitrogens with two attached hydrogens (primary N) is 1. The molecule has 0 saturated carbocycles. The van der Waals surface area contributed by atoms with Crippen LogP contribution in [0.2, 0.25) is 5.02 Å². The van der Waals surface area contributed by atoms with E-state index in [9.17, 15) is 4.79 Å². The number of carbonyl (C=O) groups excluding carboxylic acids is 1. The Kier molecular flexibility index (Phi) is 3.43. The van der Waals surface area contributed by atoms with Crippen molar-refractivity contribution < 1.29 is 9.53 Å². The van der Waals surface area contributed by atoms with E-state index in [-0.39, 0.29) is 16.5 Å². The highest BCUT2D eigenvalue weighted by molar-refractivity contribution is 6.35. The van der Waals surface area contributed by atoms with E-state index in [4.69, 9.17) is 17.3 Å². The van der Waals surface area contributed by atoms with Gasteiger partial charge in [-0.3, -0.25) is 0 Å². The highest BCUT2D eigenvalue weighted by Crippen LogP contribution is 2.24. The Morgan fingerprint density at radius 2 is 1.94 bits per heavy atom. The van der Waals surface area contributed by atoms with Crippen LogP contribution in [0.5, 0.6) is 0 Å². The zero-order valence-electron chi connectivity index (χ0n) is 9.55. The molecule has 5 nitrogen and oxygen atoms in total. The molecule has 1 aromatic carbocycles. The van der Waals surface area contributed by atoms with Crippen LogP contribution in [0.3, 0.4) is 0 Å². The van der Waals surface area contributed by atoms with Gasteiger partial charge in [-0.1, -0.05) is 41.9 Å². The number of ether oxygens (including phenoxy) is 1. The number of nitrogen functional groups attached to an aromatic ring is 1. The fourth-order valence-electron chi connectivity index (χ4n) is 1.41. The van der Waals surface area contributed by atoms with E-state index in [0.717, 1.165) is 5.56 Å². The van der Waals surface area contributed by atoms with E-state index >= 15 is 0 Å². The average molecular weight is 264 g/mol. The molecule has 0 aliphatic heterocycles. The number of rotatable bonds is 2. The molecule has 0 bridgehead atoms. The molecule has 2 rings (SSSR count). The normalized spacial score (nSPS) is 10.1. The van der Waals surface area contributed by atoms with Crippen LogP contribution in [0.4, 0.5) is 5.82 Å². The molecule has 0 radical (unpaired) electrons. The van der Waals surface area contributed by atoms with Gasteiger partial charge < -0.3 is 10.5 Å². The lowest BCUT2D eigenvalue weighted by Crippen LogP contribution is -2.09. The first-order valence-corrected chi connectivity index (χ1v) is 5.48. The number of halogens is 1. The third-order valence-electron chi connectivity index (χ3n) is 2.29. The van der Waals surface area contributed by atoms with Crippen molar-refractivity contribution in [1.29, 1.82) is 0 Å². The first-order chi connectivity index (χ1) is 8.63. The van der Waals surface area contributed by atoms with Crippen molar-refractivity contribution in [1.82, 2.24) is 9.97 Å².